The van der Waals surface area contributed by atoms with Crippen LogP contribution in [0.2, 0.25) is 5.02 Å². The molecule has 0 radical (unpaired) electrons. The molecule has 1 fully saturated rings. The average Bonchev–Trinajstić information content (AvgIpc) is 2.91. The Morgan fingerprint density at radius 3 is 2.53 bits per heavy atom. The monoisotopic (exact) mass is 289 g/mol. The van der Waals surface area contributed by atoms with Gasteiger partial charge < -0.3 is 5.73 Å². The van der Waals surface area contributed by atoms with Gasteiger partial charge in [0.15, 0.2) is 9.84 Å². The van der Waals surface area contributed by atoms with Crippen molar-refractivity contribution < 1.29 is 8.42 Å². The molecule has 3 atom stereocenters. The summed E-state index contributed by atoms with van der Waals surface area (Å²) < 4.78 is 23.3. The lowest BCUT2D eigenvalue weighted by molar-refractivity contribution is 0.599. The summed E-state index contributed by atoms with van der Waals surface area (Å²) in [5, 5.41) is 0.0850. The summed E-state index contributed by atoms with van der Waals surface area (Å²) >= 11 is 10.8. The Labute approximate surface area is 111 Å². The zero-order valence-electron chi connectivity index (χ0n) is 9.13. The van der Waals surface area contributed by atoms with Gasteiger partial charge >= 0.3 is 0 Å². The third-order valence-electron chi connectivity index (χ3n) is 3.01. The molecule has 0 amide bonds. The van der Waals surface area contributed by atoms with Gasteiger partial charge in [0.25, 0.3) is 0 Å². The molecule has 0 unspecified atom stereocenters. The van der Waals surface area contributed by atoms with E-state index in [2.05, 4.69) is 0 Å². The quantitative estimate of drug-likeness (QED) is 0.861. The van der Waals surface area contributed by atoms with Crippen molar-refractivity contribution in [2.75, 3.05) is 6.26 Å². The number of benzene rings is 1. The maximum absolute atomic E-state index is 11.6. The molecule has 0 saturated heterocycles. The van der Waals surface area contributed by atoms with E-state index in [4.69, 9.17) is 29.6 Å². The van der Waals surface area contributed by atoms with E-state index in [1.807, 2.05) is 6.07 Å². The minimum atomic E-state index is -3.14. The molecule has 0 bridgehead atoms. The van der Waals surface area contributed by atoms with Gasteiger partial charge in [-0.15, -0.1) is 0 Å². The maximum atomic E-state index is 11.6. The first-order valence-electron chi connectivity index (χ1n) is 5.06. The minimum absolute atomic E-state index is 0.152. The number of sulfone groups is 1. The Morgan fingerprint density at radius 2 is 2.12 bits per heavy atom. The van der Waals surface area contributed by atoms with Gasteiger partial charge in [0.2, 0.25) is 0 Å². The lowest BCUT2D eigenvalue weighted by Gasteiger charge is -2.00. The van der Waals surface area contributed by atoms with Crippen LogP contribution in [0.1, 0.15) is 11.5 Å². The molecule has 1 aliphatic rings. The van der Waals surface area contributed by atoms with Crippen molar-refractivity contribution in [3.63, 3.8) is 0 Å². The van der Waals surface area contributed by atoms with E-state index in [1.165, 1.54) is 6.26 Å². The topological polar surface area (TPSA) is 60.2 Å². The molecule has 0 aromatic heterocycles. The van der Waals surface area contributed by atoms with Crippen LogP contribution in [0.4, 0.5) is 0 Å². The first-order chi connectivity index (χ1) is 7.82. The van der Waals surface area contributed by atoms with Crippen LogP contribution in [-0.4, -0.2) is 24.9 Å². The van der Waals surface area contributed by atoms with Crippen molar-refractivity contribution >= 4 is 38.6 Å². The molecule has 1 saturated carbocycles. The highest BCUT2D eigenvalue weighted by Gasteiger charge is 2.58. The molecule has 0 heterocycles. The second-order valence-corrected chi connectivity index (χ2v) is 7.41. The van der Waals surface area contributed by atoms with E-state index in [9.17, 15) is 8.42 Å². The predicted molar refractivity (Wildman–Crippen MR) is 73.1 cm³/mol. The van der Waals surface area contributed by atoms with Crippen LogP contribution in [0.3, 0.4) is 0 Å². The predicted octanol–water partition coefficient (Wildman–Crippen LogP) is 1.75. The highest BCUT2D eigenvalue weighted by atomic mass is 35.5. The van der Waals surface area contributed by atoms with Crippen molar-refractivity contribution in [3.05, 3.63) is 34.9 Å². The second-order valence-electron chi connectivity index (χ2n) is 4.30. The molecule has 1 aliphatic carbocycles. The highest BCUT2D eigenvalue weighted by Crippen LogP contribution is 2.52. The summed E-state index contributed by atoms with van der Waals surface area (Å²) in [5.41, 5.74) is 6.46. The normalized spacial score (nSPS) is 27.8. The largest absolute Gasteiger partial charge is 0.393 e. The van der Waals surface area contributed by atoms with Gasteiger partial charge in [-0.25, -0.2) is 8.42 Å². The Kier molecular flexibility index (Phi) is 3.18. The standard InChI is InChI=1S/C11H12ClNO2S2/c1-17(14,15)10-8(9(10)11(13)16)6-3-2-4-7(12)5-6/h2-5,8-10H,1H3,(H2,13,16)/t8-,9-,10-/m0/s1. The summed E-state index contributed by atoms with van der Waals surface area (Å²) in [7, 11) is -3.14. The SMILES string of the molecule is CS(=O)(=O)[C@@H]1[C@@H](C(N)=S)[C@@H]1c1cccc(Cl)c1. The number of thiocarbonyl (C=S) groups is 1. The van der Waals surface area contributed by atoms with Crippen LogP contribution in [0.25, 0.3) is 0 Å². The number of hydrogen-bond donors (Lipinski definition) is 1. The molecule has 1 aromatic carbocycles. The molecule has 17 heavy (non-hydrogen) atoms. The molecule has 0 aliphatic heterocycles. The second kappa shape index (κ2) is 4.23. The molecular weight excluding hydrogens is 278 g/mol. The zero-order valence-corrected chi connectivity index (χ0v) is 11.5. The van der Waals surface area contributed by atoms with Gasteiger partial charge in [0, 0.05) is 23.1 Å². The molecule has 0 spiro atoms. The van der Waals surface area contributed by atoms with Crippen molar-refractivity contribution in [1.29, 1.82) is 0 Å². The van der Waals surface area contributed by atoms with Gasteiger partial charge in [0.05, 0.1) is 10.2 Å². The maximum Gasteiger partial charge on any atom is 0.151 e. The van der Waals surface area contributed by atoms with Gasteiger partial charge in [-0.05, 0) is 17.7 Å². The lowest BCUT2D eigenvalue weighted by atomic mass is 10.1. The van der Waals surface area contributed by atoms with Crippen molar-refractivity contribution in [3.8, 4) is 0 Å². The Hall–Kier alpha value is -0.650. The number of hydrogen-bond acceptors (Lipinski definition) is 3. The van der Waals surface area contributed by atoms with Gasteiger partial charge in [-0.1, -0.05) is 36.0 Å². The van der Waals surface area contributed by atoms with Crippen molar-refractivity contribution in [1.82, 2.24) is 0 Å². The van der Waals surface area contributed by atoms with E-state index in [-0.39, 0.29) is 16.8 Å². The Balaban J connectivity index is 2.37. The van der Waals surface area contributed by atoms with Crippen LogP contribution in [0.5, 0.6) is 0 Å². The van der Waals surface area contributed by atoms with Crippen LogP contribution in [0.15, 0.2) is 24.3 Å². The van der Waals surface area contributed by atoms with Crippen molar-refractivity contribution in [2.45, 2.75) is 11.2 Å². The Bertz CT molecular complexity index is 571. The summed E-state index contributed by atoms with van der Waals surface area (Å²) in [6.07, 6.45) is 1.22. The minimum Gasteiger partial charge on any atom is -0.393 e. The van der Waals surface area contributed by atoms with Crippen molar-refractivity contribution in [2.24, 2.45) is 11.7 Å². The number of nitrogens with two attached hydrogens (primary N) is 1. The van der Waals surface area contributed by atoms with Crippen LogP contribution in [0, 0.1) is 5.92 Å². The fraction of sp³-hybridized carbons (Fsp3) is 0.364. The van der Waals surface area contributed by atoms with Crippen LogP contribution >= 0.6 is 23.8 Å². The average molecular weight is 290 g/mol. The zero-order chi connectivity index (χ0) is 12.8. The first kappa shape index (κ1) is 12.8. The number of rotatable bonds is 3. The Morgan fingerprint density at radius 1 is 1.47 bits per heavy atom. The van der Waals surface area contributed by atoms with Crippen LogP contribution in [-0.2, 0) is 9.84 Å². The third kappa shape index (κ3) is 2.46. The van der Waals surface area contributed by atoms with Gasteiger partial charge in [-0.3, -0.25) is 0 Å². The summed E-state index contributed by atoms with van der Waals surface area (Å²) in [4.78, 5) is 0.255. The fourth-order valence-electron chi connectivity index (χ4n) is 2.27. The smallest absolute Gasteiger partial charge is 0.151 e. The van der Waals surface area contributed by atoms with Gasteiger partial charge in [0.1, 0.15) is 0 Å². The highest BCUT2D eigenvalue weighted by molar-refractivity contribution is 7.91. The fourth-order valence-corrected chi connectivity index (χ4v) is 4.46. The third-order valence-corrected chi connectivity index (χ3v) is 5.09. The van der Waals surface area contributed by atoms with E-state index in [1.54, 1.807) is 18.2 Å². The summed E-state index contributed by atoms with van der Waals surface area (Å²) in [6.45, 7) is 0. The lowest BCUT2D eigenvalue weighted by Crippen LogP contribution is -2.16. The molecule has 3 nitrogen and oxygen atoms in total. The van der Waals surface area contributed by atoms with E-state index in [0.717, 1.165) is 5.56 Å². The summed E-state index contributed by atoms with van der Waals surface area (Å²) in [6, 6.07) is 7.17. The molecule has 2 N–H and O–H groups in total. The molecule has 92 valence electrons. The molecular formula is C11H12ClNO2S2. The first-order valence-corrected chi connectivity index (χ1v) is 7.80. The van der Waals surface area contributed by atoms with E-state index < -0.39 is 15.1 Å². The molecule has 1 aromatic rings. The van der Waals surface area contributed by atoms with Crippen LogP contribution < -0.4 is 5.73 Å². The molecule has 2 rings (SSSR count). The molecule has 6 heteroatoms. The number of halogens is 1. The van der Waals surface area contributed by atoms with E-state index in [0.29, 0.717) is 5.02 Å². The summed E-state index contributed by atoms with van der Waals surface area (Å²) in [5.74, 6) is -0.417. The van der Waals surface area contributed by atoms with Gasteiger partial charge in [-0.2, -0.15) is 0 Å². The van der Waals surface area contributed by atoms with E-state index >= 15 is 0 Å².